The van der Waals surface area contributed by atoms with E-state index < -0.39 is 0 Å². The zero-order chi connectivity index (χ0) is 14.6. The number of unbranched alkanes of at least 4 members (excludes halogenated alkanes) is 6. The summed E-state index contributed by atoms with van der Waals surface area (Å²) in [5.74, 6) is 0. The molecule has 0 saturated heterocycles. The topological polar surface area (TPSA) is 17.8 Å². The molecule has 0 aromatic carbocycles. The third kappa shape index (κ3) is 7.78. The number of hydrogen-bond donors (Lipinski definition) is 0. The third-order valence-corrected chi connectivity index (χ3v) is 5.45. The summed E-state index contributed by atoms with van der Waals surface area (Å²) in [6.07, 6.45) is 14.8. The lowest BCUT2D eigenvalue weighted by Crippen LogP contribution is -1.97. The summed E-state index contributed by atoms with van der Waals surface area (Å²) >= 11 is 9.34. The van der Waals surface area contributed by atoms with Crippen molar-refractivity contribution in [3.05, 3.63) is 17.7 Å². The van der Waals surface area contributed by atoms with Crippen LogP contribution in [0.1, 0.15) is 62.8 Å². The minimum Gasteiger partial charge on any atom is -0.275 e. The molecule has 0 amide bonds. The zero-order valence-corrected chi connectivity index (χ0v) is 17.4. The fourth-order valence-corrected chi connectivity index (χ4v) is 3.77. The molecule has 0 bridgehead atoms. The Hall–Kier alpha value is 0.900. The monoisotopic (exact) mass is 518 g/mol. The number of rotatable bonds is 12. The van der Waals surface area contributed by atoms with Crippen molar-refractivity contribution >= 4 is 54.7 Å². The van der Waals surface area contributed by atoms with Gasteiger partial charge in [0.15, 0.2) is 0 Å². The molecule has 0 N–H and O–H groups in total. The maximum atomic E-state index is 4.59. The van der Waals surface area contributed by atoms with Crippen LogP contribution in [-0.4, -0.2) is 18.4 Å². The van der Waals surface area contributed by atoms with Crippen molar-refractivity contribution < 1.29 is 0 Å². The standard InChI is InChI=1S/C15H25Br2IN2/c16-11-7-3-1-5-9-14-15(20(18)13-19-14)10-6-2-4-8-12-17/h13H,1-12H2. The van der Waals surface area contributed by atoms with Gasteiger partial charge in [0.2, 0.25) is 0 Å². The normalized spacial score (nSPS) is 11.2. The quantitative estimate of drug-likeness (QED) is 0.186. The zero-order valence-electron chi connectivity index (χ0n) is 12.1. The molecule has 2 nitrogen and oxygen atoms in total. The van der Waals surface area contributed by atoms with Gasteiger partial charge in [0.1, 0.15) is 6.33 Å². The summed E-state index contributed by atoms with van der Waals surface area (Å²) in [6.45, 7) is 0. The molecule has 0 aliphatic carbocycles. The first-order valence-corrected chi connectivity index (χ1v) is 10.8. The Kier molecular flexibility index (Phi) is 11.8. The molecule has 0 unspecified atom stereocenters. The molecule has 0 saturated carbocycles. The average molecular weight is 520 g/mol. The molecule has 1 rings (SSSR count). The second-order valence-corrected chi connectivity index (χ2v) is 7.78. The van der Waals surface area contributed by atoms with Gasteiger partial charge in [-0.05, 0) is 38.5 Å². The minimum absolute atomic E-state index is 1.13. The Bertz CT molecular complexity index is 356. The van der Waals surface area contributed by atoms with E-state index in [2.05, 4.69) is 62.5 Å². The fraction of sp³-hybridized carbons (Fsp3) is 0.800. The van der Waals surface area contributed by atoms with Crippen LogP contribution in [0, 0.1) is 0 Å². The van der Waals surface area contributed by atoms with Crippen LogP contribution in [0.5, 0.6) is 0 Å². The minimum atomic E-state index is 1.13. The van der Waals surface area contributed by atoms with Crippen LogP contribution in [0.25, 0.3) is 0 Å². The molecule has 0 fully saturated rings. The van der Waals surface area contributed by atoms with E-state index in [1.54, 1.807) is 0 Å². The number of hydrogen-bond acceptors (Lipinski definition) is 1. The Balaban J connectivity index is 2.28. The van der Waals surface area contributed by atoms with Gasteiger partial charge in [-0.2, -0.15) is 0 Å². The van der Waals surface area contributed by atoms with E-state index in [0.717, 1.165) is 17.1 Å². The molecule has 0 radical (unpaired) electrons. The maximum absolute atomic E-state index is 4.59. The summed E-state index contributed by atoms with van der Waals surface area (Å²) < 4.78 is 2.19. The van der Waals surface area contributed by atoms with Crippen LogP contribution in [0.15, 0.2) is 6.33 Å². The van der Waals surface area contributed by atoms with E-state index in [9.17, 15) is 0 Å². The van der Waals surface area contributed by atoms with Gasteiger partial charge in [0, 0.05) is 10.7 Å². The van der Waals surface area contributed by atoms with Crippen molar-refractivity contribution in [1.29, 1.82) is 0 Å². The van der Waals surface area contributed by atoms with Crippen molar-refractivity contribution in [3.63, 3.8) is 0 Å². The Morgan fingerprint density at radius 3 is 2.00 bits per heavy atom. The highest BCUT2D eigenvalue weighted by molar-refractivity contribution is 14.1. The Morgan fingerprint density at radius 2 is 1.40 bits per heavy atom. The molecule has 0 atom stereocenters. The van der Waals surface area contributed by atoms with Crippen molar-refractivity contribution in [2.45, 2.75) is 64.2 Å². The largest absolute Gasteiger partial charge is 0.275 e. The Labute approximate surface area is 154 Å². The van der Waals surface area contributed by atoms with Gasteiger partial charge in [0.25, 0.3) is 0 Å². The number of alkyl halides is 2. The maximum Gasteiger partial charge on any atom is 0.104 e. The molecule has 20 heavy (non-hydrogen) atoms. The predicted octanol–water partition coefficient (Wildman–Crippen LogP) is 6.08. The first-order valence-electron chi connectivity index (χ1n) is 7.62. The smallest absolute Gasteiger partial charge is 0.104 e. The summed E-state index contributed by atoms with van der Waals surface area (Å²) in [5, 5.41) is 2.27. The van der Waals surface area contributed by atoms with Gasteiger partial charge >= 0.3 is 0 Å². The lowest BCUT2D eigenvalue weighted by molar-refractivity contribution is 0.647. The van der Waals surface area contributed by atoms with Crippen molar-refractivity contribution in [2.75, 3.05) is 10.7 Å². The number of aromatic nitrogens is 2. The second kappa shape index (κ2) is 12.4. The van der Waals surface area contributed by atoms with Gasteiger partial charge in [-0.1, -0.05) is 57.5 Å². The highest BCUT2D eigenvalue weighted by Crippen LogP contribution is 2.18. The SMILES string of the molecule is BrCCCCCCc1ncn(I)c1CCCCCCBr. The van der Waals surface area contributed by atoms with Crippen LogP contribution in [0.4, 0.5) is 0 Å². The summed E-state index contributed by atoms with van der Waals surface area (Å²) in [7, 11) is 0. The molecule has 5 heteroatoms. The van der Waals surface area contributed by atoms with Crippen LogP contribution in [0.2, 0.25) is 0 Å². The molecule has 0 aliphatic rings. The van der Waals surface area contributed by atoms with Gasteiger partial charge in [-0.25, -0.2) is 4.98 Å². The van der Waals surface area contributed by atoms with Gasteiger partial charge in [-0.3, -0.25) is 2.78 Å². The van der Waals surface area contributed by atoms with E-state index in [1.807, 2.05) is 6.33 Å². The first kappa shape index (κ1) is 18.9. The van der Waals surface area contributed by atoms with Crippen LogP contribution in [-0.2, 0) is 12.8 Å². The number of halogens is 3. The van der Waals surface area contributed by atoms with Gasteiger partial charge in [0.05, 0.1) is 34.3 Å². The summed E-state index contributed by atoms with van der Waals surface area (Å²) in [4.78, 5) is 4.59. The first-order chi connectivity index (χ1) is 9.79. The lowest BCUT2D eigenvalue weighted by atomic mass is 10.1. The molecule has 1 aromatic rings. The summed E-state index contributed by atoms with van der Waals surface area (Å²) in [5.41, 5.74) is 2.78. The average Bonchev–Trinajstić information content (AvgIpc) is 2.79. The predicted molar refractivity (Wildman–Crippen MR) is 104 cm³/mol. The third-order valence-electron chi connectivity index (χ3n) is 3.50. The van der Waals surface area contributed by atoms with Crippen LogP contribution < -0.4 is 0 Å². The summed E-state index contributed by atoms with van der Waals surface area (Å²) in [6, 6.07) is 0. The van der Waals surface area contributed by atoms with E-state index in [4.69, 9.17) is 0 Å². The molecule has 1 aromatic heterocycles. The molecule has 1 heterocycles. The van der Waals surface area contributed by atoms with E-state index >= 15 is 0 Å². The highest BCUT2D eigenvalue weighted by Gasteiger charge is 2.09. The van der Waals surface area contributed by atoms with Crippen molar-refractivity contribution in [1.82, 2.24) is 7.76 Å². The van der Waals surface area contributed by atoms with E-state index in [-0.39, 0.29) is 0 Å². The number of imidazole rings is 1. The van der Waals surface area contributed by atoms with Gasteiger partial charge < -0.3 is 0 Å². The van der Waals surface area contributed by atoms with Crippen molar-refractivity contribution in [2.24, 2.45) is 0 Å². The van der Waals surface area contributed by atoms with Crippen LogP contribution in [0.3, 0.4) is 0 Å². The highest BCUT2D eigenvalue weighted by atomic mass is 127. The molecule has 116 valence electrons. The van der Waals surface area contributed by atoms with E-state index in [0.29, 0.717) is 0 Å². The fourth-order valence-electron chi connectivity index (χ4n) is 2.33. The van der Waals surface area contributed by atoms with Crippen molar-refractivity contribution in [3.8, 4) is 0 Å². The molecule has 0 spiro atoms. The van der Waals surface area contributed by atoms with Gasteiger partial charge in [-0.15, -0.1) is 0 Å². The second-order valence-electron chi connectivity index (χ2n) is 5.16. The number of aryl methyl sites for hydroxylation is 1. The molecular formula is C15H25Br2IN2. The number of nitrogens with zero attached hydrogens (tertiary/aromatic N) is 2. The van der Waals surface area contributed by atoms with Crippen LogP contribution >= 0.6 is 54.7 Å². The van der Waals surface area contributed by atoms with E-state index in [1.165, 1.54) is 69.2 Å². The molecule has 0 aliphatic heterocycles. The molecular weight excluding hydrogens is 495 g/mol. The Morgan fingerprint density at radius 1 is 0.850 bits per heavy atom. The lowest BCUT2D eigenvalue weighted by Gasteiger charge is -2.05.